The van der Waals surface area contributed by atoms with Gasteiger partial charge in [0.1, 0.15) is 11.5 Å². The molecule has 4 rings (SSSR count). The molecule has 0 aliphatic heterocycles. The van der Waals surface area contributed by atoms with E-state index in [-0.39, 0.29) is 11.9 Å². The molecule has 1 fully saturated rings. The van der Waals surface area contributed by atoms with Crippen LogP contribution in [0.15, 0.2) is 46.9 Å². The first-order chi connectivity index (χ1) is 13.5. The number of ether oxygens (including phenoxy) is 1. The van der Waals surface area contributed by atoms with Crippen LogP contribution in [-0.2, 0) is 16.6 Å². The van der Waals surface area contributed by atoms with Gasteiger partial charge < -0.3 is 19.0 Å². The highest BCUT2D eigenvalue weighted by molar-refractivity contribution is 5.96. The summed E-state index contributed by atoms with van der Waals surface area (Å²) in [5, 5.41) is 3.04. The van der Waals surface area contributed by atoms with E-state index in [2.05, 4.69) is 5.32 Å². The molecule has 0 saturated heterocycles. The second-order valence-electron chi connectivity index (χ2n) is 7.38. The van der Waals surface area contributed by atoms with Crippen molar-refractivity contribution >= 4 is 23.0 Å². The number of hydrogen-bond donors (Lipinski definition) is 1. The Labute approximate surface area is 163 Å². The third kappa shape index (κ3) is 3.54. The molecule has 1 saturated carbocycles. The van der Waals surface area contributed by atoms with E-state index < -0.39 is 12.1 Å². The zero-order chi connectivity index (χ0) is 19.7. The number of amides is 1. The van der Waals surface area contributed by atoms with Gasteiger partial charge in [0.05, 0.1) is 5.52 Å². The van der Waals surface area contributed by atoms with Crippen molar-refractivity contribution in [3.05, 3.63) is 59.5 Å². The van der Waals surface area contributed by atoms with Crippen molar-refractivity contribution < 1.29 is 18.7 Å². The molecule has 6 heteroatoms. The van der Waals surface area contributed by atoms with Gasteiger partial charge >= 0.3 is 5.97 Å². The van der Waals surface area contributed by atoms with Crippen LogP contribution >= 0.6 is 0 Å². The Balaban J connectivity index is 1.58. The minimum Gasteiger partial charge on any atom is -0.460 e. The summed E-state index contributed by atoms with van der Waals surface area (Å²) in [6.45, 7) is 1.86. The number of rotatable bonds is 5. The molecule has 1 atom stereocenters. The first-order valence-electron chi connectivity index (χ1n) is 9.65. The number of benzene rings is 1. The molecule has 2 aromatic heterocycles. The highest BCUT2D eigenvalue weighted by Gasteiger charge is 2.29. The number of carbonyl (C=O) groups excluding carboxylic acids is 2. The van der Waals surface area contributed by atoms with Crippen LogP contribution in [0.2, 0.25) is 0 Å². The van der Waals surface area contributed by atoms with Crippen LogP contribution in [0.1, 0.15) is 53.6 Å². The summed E-state index contributed by atoms with van der Waals surface area (Å²) in [5.41, 5.74) is 2.44. The molecule has 1 amide bonds. The van der Waals surface area contributed by atoms with E-state index in [1.807, 2.05) is 31.2 Å². The van der Waals surface area contributed by atoms with E-state index in [0.29, 0.717) is 16.8 Å². The maximum atomic E-state index is 12.9. The van der Waals surface area contributed by atoms with E-state index in [0.717, 1.165) is 37.0 Å². The predicted molar refractivity (Wildman–Crippen MR) is 105 cm³/mol. The Bertz CT molecular complexity index is 996. The molecule has 2 heterocycles. The molecule has 146 valence electrons. The summed E-state index contributed by atoms with van der Waals surface area (Å²) in [6, 6.07) is 12.8. The number of furan rings is 1. The molecule has 1 aliphatic rings. The number of nitrogens with one attached hydrogen (secondary N) is 1. The highest BCUT2D eigenvalue weighted by Crippen LogP contribution is 2.26. The number of fused-ring (bicyclic) bond motifs is 1. The van der Waals surface area contributed by atoms with Gasteiger partial charge in [-0.1, -0.05) is 43.2 Å². The molecule has 1 N–H and O–H groups in total. The molecule has 1 aliphatic carbocycles. The van der Waals surface area contributed by atoms with E-state index in [1.165, 1.54) is 0 Å². The monoisotopic (exact) mass is 380 g/mol. The fourth-order valence-corrected chi connectivity index (χ4v) is 3.85. The van der Waals surface area contributed by atoms with Gasteiger partial charge in [-0.3, -0.25) is 4.79 Å². The minimum absolute atomic E-state index is 0.151. The number of aromatic nitrogens is 1. The molecule has 6 nitrogen and oxygen atoms in total. The van der Waals surface area contributed by atoms with Crippen molar-refractivity contribution in [3.63, 3.8) is 0 Å². The topological polar surface area (TPSA) is 73.5 Å². The van der Waals surface area contributed by atoms with Crippen LogP contribution in [0.3, 0.4) is 0 Å². The maximum absolute atomic E-state index is 12.9. The zero-order valence-electron chi connectivity index (χ0n) is 16.1. The van der Waals surface area contributed by atoms with Crippen molar-refractivity contribution in [2.75, 3.05) is 0 Å². The molecule has 0 radical (unpaired) electrons. The fraction of sp³-hybridized carbons (Fsp3) is 0.364. The van der Waals surface area contributed by atoms with Crippen molar-refractivity contribution in [1.29, 1.82) is 0 Å². The summed E-state index contributed by atoms with van der Waals surface area (Å²) in [6.07, 6.45) is 3.17. The van der Waals surface area contributed by atoms with Crippen molar-refractivity contribution in [2.45, 2.75) is 44.8 Å². The first-order valence-corrected chi connectivity index (χ1v) is 9.65. The van der Waals surface area contributed by atoms with Crippen molar-refractivity contribution in [2.24, 2.45) is 7.05 Å². The van der Waals surface area contributed by atoms with Gasteiger partial charge in [-0.15, -0.1) is 0 Å². The highest BCUT2D eigenvalue weighted by atomic mass is 16.5. The zero-order valence-corrected chi connectivity index (χ0v) is 16.1. The van der Waals surface area contributed by atoms with Gasteiger partial charge in [-0.2, -0.15) is 0 Å². The van der Waals surface area contributed by atoms with E-state index in [9.17, 15) is 9.59 Å². The van der Waals surface area contributed by atoms with E-state index in [4.69, 9.17) is 9.15 Å². The van der Waals surface area contributed by atoms with Gasteiger partial charge in [0.2, 0.25) is 6.10 Å². The molecule has 0 bridgehead atoms. The SMILES string of the molecule is Cc1cc2c(cc(C(=O)O[C@H](C(=O)NC3CCCC3)c3ccccc3)n2C)o1. The molecule has 1 aromatic carbocycles. The second kappa shape index (κ2) is 7.54. The summed E-state index contributed by atoms with van der Waals surface area (Å²) in [7, 11) is 1.78. The lowest BCUT2D eigenvalue weighted by Crippen LogP contribution is -2.38. The summed E-state index contributed by atoms with van der Waals surface area (Å²) in [5.74, 6) is -0.0548. The van der Waals surface area contributed by atoms with E-state index in [1.54, 1.807) is 29.8 Å². The Morgan fingerprint density at radius 1 is 1.18 bits per heavy atom. The molecule has 0 unspecified atom stereocenters. The number of hydrogen-bond acceptors (Lipinski definition) is 4. The van der Waals surface area contributed by atoms with Crippen LogP contribution in [-0.4, -0.2) is 22.5 Å². The summed E-state index contributed by atoms with van der Waals surface area (Å²) >= 11 is 0. The van der Waals surface area contributed by atoms with Crippen LogP contribution in [0, 0.1) is 6.92 Å². The fourth-order valence-electron chi connectivity index (χ4n) is 3.85. The number of aryl methyl sites for hydroxylation is 2. The smallest absolute Gasteiger partial charge is 0.356 e. The van der Waals surface area contributed by atoms with Crippen molar-refractivity contribution in [1.82, 2.24) is 9.88 Å². The van der Waals surface area contributed by atoms with Gasteiger partial charge in [0.15, 0.2) is 5.58 Å². The standard InChI is InChI=1S/C22H24N2O4/c1-14-12-17-19(27-14)13-18(24(17)2)22(26)28-20(15-8-4-3-5-9-15)21(25)23-16-10-6-7-11-16/h3-5,8-9,12-13,16,20H,6-7,10-11H2,1-2H3,(H,23,25)/t20-/m0/s1. The molecular formula is C22H24N2O4. The molecule has 3 aromatic rings. The summed E-state index contributed by atoms with van der Waals surface area (Å²) in [4.78, 5) is 25.8. The van der Waals surface area contributed by atoms with Crippen LogP contribution in [0.5, 0.6) is 0 Å². The van der Waals surface area contributed by atoms with E-state index >= 15 is 0 Å². The Morgan fingerprint density at radius 2 is 1.89 bits per heavy atom. The lowest BCUT2D eigenvalue weighted by Gasteiger charge is -2.20. The van der Waals surface area contributed by atoms with Gasteiger partial charge in [0, 0.05) is 30.8 Å². The quantitative estimate of drug-likeness (QED) is 0.678. The van der Waals surface area contributed by atoms with Gasteiger partial charge in [0.25, 0.3) is 5.91 Å². The largest absolute Gasteiger partial charge is 0.460 e. The van der Waals surface area contributed by atoms with Gasteiger partial charge in [-0.25, -0.2) is 4.79 Å². The Kier molecular flexibility index (Phi) is 4.94. The molecule has 0 spiro atoms. The molecular weight excluding hydrogens is 356 g/mol. The lowest BCUT2D eigenvalue weighted by atomic mass is 10.1. The van der Waals surface area contributed by atoms with Crippen LogP contribution < -0.4 is 5.32 Å². The average molecular weight is 380 g/mol. The number of carbonyl (C=O) groups is 2. The number of nitrogens with zero attached hydrogens (tertiary/aromatic N) is 1. The van der Waals surface area contributed by atoms with Crippen molar-refractivity contribution in [3.8, 4) is 0 Å². The van der Waals surface area contributed by atoms with Crippen LogP contribution in [0.4, 0.5) is 0 Å². The third-order valence-corrected chi connectivity index (χ3v) is 5.33. The van der Waals surface area contributed by atoms with Crippen LogP contribution in [0.25, 0.3) is 11.1 Å². The number of esters is 1. The maximum Gasteiger partial charge on any atom is 0.356 e. The lowest BCUT2D eigenvalue weighted by molar-refractivity contribution is -0.131. The average Bonchev–Trinajstić information content (AvgIpc) is 3.39. The first kappa shape index (κ1) is 18.3. The molecule has 28 heavy (non-hydrogen) atoms. The van der Waals surface area contributed by atoms with Gasteiger partial charge in [-0.05, 0) is 19.8 Å². The normalized spacial score (nSPS) is 15.6. The predicted octanol–water partition coefficient (Wildman–Crippen LogP) is 4.04. The Morgan fingerprint density at radius 3 is 2.57 bits per heavy atom. The third-order valence-electron chi connectivity index (χ3n) is 5.33. The summed E-state index contributed by atoms with van der Waals surface area (Å²) < 4.78 is 13.0. The second-order valence-corrected chi connectivity index (χ2v) is 7.38. The Hall–Kier alpha value is -3.02. The minimum atomic E-state index is -0.989.